The van der Waals surface area contributed by atoms with Crippen molar-refractivity contribution in [3.8, 4) is 45.6 Å². The molecule has 2 aliphatic heterocycles. The maximum absolute atomic E-state index is 14.7. The van der Waals surface area contributed by atoms with Crippen LogP contribution >= 0.6 is 0 Å². The molecule has 364 valence electrons. The van der Waals surface area contributed by atoms with Gasteiger partial charge in [-0.05, 0) is 77.3 Å². The molecule has 0 saturated carbocycles. The van der Waals surface area contributed by atoms with Gasteiger partial charge in [-0.2, -0.15) is 8.42 Å². The number of phenols is 4. The van der Waals surface area contributed by atoms with Gasteiger partial charge < -0.3 is 34.8 Å². The third kappa shape index (κ3) is 8.10. The number of azo groups is 2. The van der Waals surface area contributed by atoms with Crippen LogP contribution in [0.3, 0.4) is 0 Å². The molecule has 74 heavy (non-hydrogen) atoms. The molecule has 1 atom stereocenters. The zero-order chi connectivity index (χ0) is 51.3. The van der Waals surface area contributed by atoms with Crippen molar-refractivity contribution in [2.24, 2.45) is 25.6 Å². The number of phenolic OH excluding ortho intramolecular Hbond substituents is 4. The molecule has 1 unspecified atom stereocenters. The Bertz CT molecular complexity index is 3910. The van der Waals surface area contributed by atoms with E-state index in [1.54, 1.807) is 48.8 Å². The smallest absolute Gasteiger partial charge is 0.340 e. The van der Waals surface area contributed by atoms with E-state index < -0.39 is 55.1 Å². The number of aromatic hydroxyl groups is 4. The summed E-state index contributed by atoms with van der Waals surface area (Å²) in [5.74, 6) is -3.10. The van der Waals surface area contributed by atoms with Crippen LogP contribution in [0, 0.1) is 4.91 Å². The lowest BCUT2D eigenvalue weighted by Gasteiger charge is -2.36. The third-order valence-electron chi connectivity index (χ3n) is 12.5. The number of carbonyl (C=O) groups excluding carboxylic acids is 1. The SMILES string of the molecule is O=Nc1cc(N=Nc2ccccc2N(Cc2ccccn2)Cc2ccccn2)c(O)c(-c2cccc3c2C(=O)OC32c3ccc(O)cc3Oc3cc(O)c(N=Nc4cccc5cccc(S(=O)(=O)O)c45)cc32)c1O. The fraction of sp³-hybridized carbons (Fsp3) is 0.0556. The highest BCUT2D eigenvalue weighted by molar-refractivity contribution is 7.86. The van der Waals surface area contributed by atoms with Crippen LogP contribution in [0.2, 0.25) is 0 Å². The van der Waals surface area contributed by atoms with Crippen molar-refractivity contribution in [1.82, 2.24) is 9.97 Å². The lowest BCUT2D eigenvalue weighted by Crippen LogP contribution is -2.32. The van der Waals surface area contributed by atoms with E-state index in [-0.39, 0.29) is 67.5 Å². The van der Waals surface area contributed by atoms with E-state index in [0.29, 0.717) is 29.9 Å². The van der Waals surface area contributed by atoms with E-state index in [1.807, 2.05) is 53.4 Å². The van der Waals surface area contributed by atoms with Crippen molar-refractivity contribution in [3.05, 3.63) is 203 Å². The average molecular weight is 1000 g/mol. The Morgan fingerprint density at radius 3 is 1.93 bits per heavy atom. The highest BCUT2D eigenvalue weighted by Crippen LogP contribution is 2.60. The number of fused-ring (bicyclic) bond motifs is 7. The predicted octanol–water partition coefficient (Wildman–Crippen LogP) is 12.4. The van der Waals surface area contributed by atoms with Crippen LogP contribution in [-0.2, 0) is 33.5 Å². The first-order valence-corrected chi connectivity index (χ1v) is 23.9. The predicted molar refractivity (Wildman–Crippen MR) is 269 cm³/mol. The minimum Gasteiger partial charge on any atom is -0.508 e. The van der Waals surface area contributed by atoms with Crippen LogP contribution in [0.25, 0.3) is 21.9 Å². The Morgan fingerprint density at radius 2 is 1.22 bits per heavy atom. The molecule has 1 spiro atoms. The van der Waals surface area contributed by atoms with Crippen LogP contribution in [0.5, 0.6) is 34.5 Å². The van der Waals surface area contributed by atoms with Gasteiger partial charge in [-0.25, -0.2) is 4.79 Å². The molecule has 0 saturated heterocycles. The van der Waals surface area contributed by atoms with Gasteiger partial charge in [0.1, 0.15) is 45.0 Å². The van der Waals surface area contributed by atoms with Crippen molar-refractivity contribution < 1.29 is 47.7 Å². The second-order valence-corrected chi connectivity index (χ2v) is 18.4. The fourth-order valence-corrected chi connectivity index (χ4v) is 10.1. The first-order valence-electron chi connectivity index (χ1n) is 22.5. The highest BCUT2D eigenvalue weighted by atomic mass is 32.2. The van der Waals surface area contributed by atoms with E-state index in [2.05, 4.69) is 35.6 Å². The summed E-state index contributed by atoms with van der Waals surface area (Å²) < 4.78 is 47.5. The highest BCUT2D eigenvalue weighted by Gasteiger charge is 2.55. The van der Waals surface area contributed by atoms with Gasteiger partial charge in [-0.3, -0.25) is 14.5 Å². The summed E-state index contributed by atoms with van der Waals surface area (Å²) in [4.78, 5) is 37.7. The second kappa shape index (κ2) is 18.4. The Hall–Kier alpha value is -9.92. The number of benzene rings is 7. The normalized spacial score (nSPS) is 14.7. The second-order valence-electron chi connectivity index (χ2n) is 17.0. The Balaban J connectivity index is 1.03. The van der Waals surface area contributed by atoms with Crippen molar-refractivity contribution in [2.75, 3.05) is 4.90 Å². The Kier molecular flexibility index (Phi) is 11.5. The van der Waals surface area contributed by atoms with Gasteiger partial charge in [0.25, 0.3) is 10.1 Å². The monoisotopic (exact) mass is 1000 g/mol. The molecule has 0 radical (unpaired) electrons. The van der Waals surface area contributed by atoms with Crippen LogP contribution < -0.4 is 9.64 Å². The van der Waals surface area contributed by atoms with Crippen molar-refractivity contribution >= 4 is 61.0 Å². The molecule has 5 N–H and O–H groups in total. The average Bonchev–Trinajstić information content (AvgIpc) is 3.74. The summed E-state index contributed by atoms with van der Waals surface area (Å²) in [5, 5.41) is 66.8. The van der Waals surface area contributed by atoms with Gasteiger partial charge in [0, 0.05) is 52.7 Å². The summed E-state index contributed by atoms with van der Waals surface area (Å²) in [6.07, 6.45) is 3.38. The number of rotatable bonds is 12. The molecule has 0 aliphatic carbocycles. The van der Waals surface area contributed by atoms with Gasteiger partial charge >= 0.3 is 5.97 Å². The van der Waals surface area contributed by atoms with E-state index in [1.165, 1.54) is 60.7 Å². The lowest BCUT2D eigenvalue weighted by atomic mass is 9.76. The minimum absolute atomic E-state index is 0.0277. The molecule has 7 aromatic carbocycles. The number of pyridine rings is 2. The molecule has 2 aromatic heterocycles. The number of ether oxygens (including phenoxy) is 2. The van der Waals surface area contributed by atoms with Crippen LogP contribution in [-0.4, -0.2) is 49.3 Å². The molecule has 4 heterocycles. The Labute approximate surface area is 419 Å². The largest absolute Gasteiger partial charge is 0.508 e. The summed E-state index contributed by atoms with van der Waals surface area (Å²) in [7, 11) is -4.71. The van der Waals surface area contributed by atoms with Crippen LogP contribution in [0.1, 0.15) is 38.4 Å². The number of hydrogen-bond donors (Lipinski definition) is 5. The van der Waals surface area contributed by atoms with E-state index in [0.717, 1.165) is 17.5 Å². The molecule has 20 heteroatoms. The fourth-order valence-electron chi connectivity index (χ4n) is 9.32. The number of nitroso groups, excluding NO2 is 1. The van der Waals surface area contributed by atoms with E-state index >= 15 is 0 Å². The molecule has 2 aliphatic rings. The standard InChI is InChI=1S/C54H36N8O11S/c63-33-20-21-35-45(24-33)72-46-27-44(64)40(59-58-39-17-7-10-30-11-8-19-47(48(30)39)74(69,70)71)25-37(46)54(35)36-15-9-14-34(49(36)53(67)73-54)50-51(65)41(26-42(61-68)52(50)66)60-57-38-16-1-2-18-43(38)62(28-31-12-3-5-22-55-31)29-32-13-4-6-23-56-32/h1-27,63-66H,28-29H2,(H,69,70,71). The molecule has 0 fully saturated rings. The quantitative estimate of drug-likeness (QED) is 0.0329. The van der Waals surface area contributed by atoms with Crippen molar-refractivity contribution in [1.29, 1.82) is 0 Å². The third-order valence-corrected chi connectivity index (χ3v) is 13.4. The number of para-hydroxylation sites is 1. The van der Waals surface area contributed by atoms with Gasteiger partial charge in [0.05, 0.1) is 52.5 Å². The number of aromatic nitrogens is 2. The number of carbonyl (C=O) groups is 1. The van der Waals surface area contributed by atoms with Crippen molar-refractivity contribution in [3.63, 3.8) is 0 Å². The lowest BCUT2D eigenvalue weighted by molar-refractivity contribution is 0.0224. The summed E-state index contributed by atoms with van der Waals surface area (Å²) in [6, 6.07) is 39.5. The molecule has 0 amide bonds. The van der Waals surface area contributed by atoms with E-state index in [9.17, 15) is 43.1 Å². The van der Waals surface area contributed by atoms with Crippen molar-refractivity contribution in [2.45, 2.75) is 23.6 Å². The maximum Gasteiger partial charge on any atom is 0.340 e. The summed E-state index contributed by atoms with van der Waals surface area (Å²) >= 11 is 0. The number of hydrogen-bond acceptors (Lipinski definition) is 18. The Morgan fingerprint density at radius 1 is 0.581 bits per heavy atom. The molecule has 11 rings (SSSR count). The molecule has 0 bridgehead atoms. The first-order chi connectivity index (χ1) is 35.8. The topological polar surface area (TPSA) is 279 Å². The van der Waals surface area contributed by atoms with E-state index in [4.69, 9.17) is 9.47 Å². The minimum atomic E-state index is -4.71. The molecular formula is C54H36N8O11S. The number of anilines is 1. The van der Waals surface area contributed by atoms with Gasteiger partial charge in [0.15, 0.2) is 22.8 Å². The molecule has 9 aromatic rings. The maximum atomic E-state index is 14.7. The number of esters is 1. The van der Waals surface area contributed by atoms with Gasteiger partial charge in [-0.1, -0.05) is 66.7 Å². The summed E-state index contributed by atoms with van der Waals surface area (Å²) in [5.41, 5.74) is -0.663. The zero-order valence-corrected chi connectivity index (χ0v) is 39.0. The van der Waals surface area contributed by atoms with Gasteiger partial charge in [0.2, 0.25) is 0 Å². The zero-order valence-electron chi connectivity index (χ0n) is 38.2. The number of nitrogens with zero attached hydrogens (tertiary/aromatic N) is 8. The van der Waals surface area contributed by atoms with Crippen LogP contribution in [0.15, 0.2) is 195 Å². The molecule has 19 nitrogen and oxygen atoms in total. The molecular weight excluding hydrogens is 969 g/mol. The van der Waals surface area contributed by atoms with Crippen LogP contribution in [0.4, 0.5) is 34.1 Å². The summed E-state index contributed by atoms with van der Waals surface area (Å²) in [6.45, 7) is 0.712. The first kappa shape index (κ1) is 46.5. The van der Waals surface area contributed by atoms with Gasteiger partial charge in [-0.15, -0.1) is 25.4 Å².